The molecule has 1 atom stereocenters. The number of likely N-dealkylation sites (N-methyl/N-ethyl adjacent to an activating group) is 1. The third kappa shape index (κ3) is 4.52. The van der Waals surface area contributed by atoms with Gasteiger partial charge in [-0.1, -0.05) is 31.4 Å². The van der Waals surface area contributed by atoms with E-state index in [-0.39, 0.29) is 5.82 Å². The van der Waals surface area contributed by atoms with E-state index in [0.717, 1.165) is 18.5 Å². The number of nitrogens with one attached hydrogen (secondary N) is 1. The zero-order valence-electron chi connectivity index (χ0n) is 13.7. The fraction of sp³-hybridized carbons (Fsp3) is 0.667. The Hall–Kier alpha value is -0.930. The Morgan fingerprint density at radius 1 is 1.24 bits per heavy atom. The van der Waals surface area contributed by atoms with E-state index in [2.05, 4.69) is 31.2 Å². The highest BCUT2D eigenvalue weighted by Gasteiger charge is 2.33. The molecule has 1 N–H and O–H groups in total. The number of nitrogens with zero attached hydrogens (tertiary/aromatic N) is 1. The van der Waals surface area contributed by atoms with Crippen molar-refractivity contribution in [2.75, 3.05) is 20.6 Å². The molecule has 118 valence electrons. The van der Waals surface area contributed by atoms with Crippen molar-refractivity contribution in [1.82, 2.24) is 10.2 Å². The van der Waals surface area contributed by atoms with Crippen molar-refractivity contribution in [2.45, 2.75) is 57.0 Å². The van der Waals surface area contributed by atoms with E-state index in [4.69, 9.17) is 0 Å². The first-order valence-corrected chi connectivity index (χ1v) is 8.17. The first kappa shape index (κ1) is 16.4. The van der Waals surface area contributed by atoms with Crippen LogP contribution in [0.4, 0.5) is 4.39 Å². The Morgan fingerprint density at radius 3 is 2.57 bits per heavy atom. The number of halogens is 1. The van der Waals surface area contributed by atoms with Crippen LogP contribution in [-0.2, 0) is 6.42 Å². The SMILES string of the molecule is CC(Cc1cccc(F)c1)NCC1(N(C)C)CCCCC1. The Bertz CT molecular complexity index is 439. The van der Waals surface area contributed by atoms with Crippen LogP contribution >= 0.6 is 0 Å². The maximum Gasteiger partial charge on any atom is 0.123 e. The lowest BCUT2D eigenvalue weighted by atomic mass is 9.80. The smallest absolute Gasteiger partial charge is 0.123 e. The first-order chi connectivity index (χ1) is 10.0. The lowest BCUT2D eigenvalue weighted by Gasteiger charge is -2.44. The summed E-state index contributed by atoms with van der Waals surface area (Å²) < 4.78 is 13.2. The summed E-state index contributed by atoms with van der Waals surface area (Å²) in [7, 11) is 4.40. The van der Waals surface area contributed by atoms with Crippen molar-refractivity contribution in [1.29, 1.82) is 0 Å². The average Bonchev–Trinajstić information content (AvgIpc) is 2.46. The summed E-state index contributed by atoms with van der Waals surface area (Å²) in [6.07, 6.45) is 7.46. The molecule has 0 heterocycles. The van der Waals surface area contributed by atoms with Gasteiger partial charge in [0, 0.05) is 18.1 Å². The van der Waals surface area contributed by atoms with Gasteiger partial charge < -0.3 is 10.2 Å². The molecule has 2 rings (SSSR count). The van der Waals surface area contributed by atoms with Crippen molar-refractivity contribution in [3.63, 3.8) is 0 Å². The highest BCUT2D eigenvalue weighted by molar-refractivity contribution is 5.17. The van der Waals surface area contributed by atoms with Crippen molar-refractivity contribution in [3.8, 4) is 0 Å². The summed E-state index contributed by atoms with van der Waals surface area (Å²) in [6, 6.07) is 7.31. The van der Waals surface area contributed by atoms with E-state index in [0.29, 0.717) is 11.6 Å². The van der Waals surface area contributed by atoms with Gasteiger partial charge in [-0.25, -0.2) is 4.39 Å². The van der Waals surface area contributed by atoms with E-state index in [1.807, 2.05) is 6.07 Å². The van der Waals surface area contributed by atoms with Gasteiger partial charge in [0.05, 0.1) is 0 Å². The number of benzene rings is 1. The van der Waals surface area contributed by atoms with Gasteiger partial charge in [0.25, 0.3) is 0 Å². The summed E-state index contributed by atoms with van der Waals surface area (Å²) in [5.41, 5.74) is 1.37. The van der Waals surface area contributed by atoms with Crippen LogP contribution in [0.2, 0.25) is 0 Å². The van der Waals surface area contributed by atoms with Gasteiger partial charge in [-0.15, -0.1) is 0 Å². The summed E-state index contributed by atoms with van der Waals surface area (Å²) in [5.74, 6) is -0.142. The quantitative estimate of drug-likeness (QED) is 0.861. The third-order valence-electron chi connectivity index (χ3n) is 4.94. The second kappa shape index (κ2) is 7.37. The fourth-order valence-electron chi connectivity index (χ4n) is 3.45. The maximum atomic E-state index is 13.2. The summed E-state index contributed by atoms with van der Waals surface area (Å²) >= 11 is 0. The van der Waals surface area contributed by atoms with E-state index < -0.39 is 0 Å². The predicted octanol–water partition coefficient (Wildman–Crippen LogP) is 3.61. The molecular formula is C18H29FN2. The average molecular weight is 292 g/mol. The molecule has 1 aliphatic carbocycles. The minimum Gasteiger partial charge on any atom is -0.312 e. The van der Waals surface area contributed by atoms with Crippen LogP contribution in [0.25, 0.3) is 0 Å². The van der Waals surface area contributed by atoms with E-state index in [1.54, 1.807) is 12.1 Å². The lowest BCUT2D eigenvalue weighted by molar-refractivity contribution is 0.0958. The third-order valence-corrected chi connectivity index (χ3v) is 4.94. The zero-order valence-corrected chi connectivity index (χ0v) is 13.7. The second-order valence-corrected chi connectivity index (χ2v) is 6.80. The number of hydrogen-bond acceptors (Lipinski definition) is 2. The van der Waals surface area contributed by atoms with Crippen molar-refractivity contribution < 1.29 is 4.39 Å². The summed E-state index contributed by atoms with van der Waals surface area (Å²) in [6.45, 7) is 3.22. The van der Waals surface area contributed by atoms with Gasteiger partial charge in [0.1, 0.15) is 5.82 Å². The molecule has 0 saturated heterocycles. The first-order valence-electron chi connectivity index (χ1n) is 8.17. The van der Waals surface area contributed by atoms with Gasteiger partial charge >= 0.3 is 0 Å². The van der Waals surface area contributed by atoms with Crippen LogP contribution in [0.1, 0.15) is 44.6 Å². The highest BCUT2D eigenvalue weighted by atomic mass is 19.1. The summed E-state index contributed by atoms with van der Waals surface area (Å²) in [5, 5.41) is 3.68. The van der Waals surface area contributed by atoms with E-state index in [9.17, 15) is 4.39 Å². The molecule has 1 aromatic carbocycles. The molecule has 0 aliphatic heterocycles. The molecule has 1 aliphatic rings. The highest BCUT2D eigenvalue weighted by Crippen LogP contribution is 2.31. The molecule has 1 aromatic rings. The van der Waals surface area contributed by atoms with Crippen LogP contribution in [0, 0.1) is 5.82 Å². The van der Waals surface area contributed by atoms with Crippen LogP contribution in [0.5, 0.6) is 0 Å². The monoisotopic (exact) mass is 292 g/mol. The van der Waals surface area contributed by atoms with Gasteiger partial charge in [0.15, 0.2) is 0 Å². The molecule has 2 nitrogen and oxygen atoms in total. The van der Waals surface area contributed by atoms with Crippen LogP contribution in [0.15, 0.2) is 24.3 Å². The Balaban J connectivity index is 1.88. The minimum absolute atomic E-state index is 0.142. The number of hydrogen-bond donors (Lipinski definition) is 1. The molecule has 1 fully saturated rings. The minimum atomic E-state index is -0.142. The predicted molar refractivity (Wildman–Crippen MR) is 87.1 cm³/mol. The largest absolute Gasteiger partial charge is 0.312 e. The van der Waals surface area contributed by atoms with E-state index >= 15 is 0 Å². The molecule has 21 heavy (non-hydrogen) atoms. The molecule has 0 aromatic heterocycles. The van der Waals surface area contributed by atoms with E-state index in [1.165, 1.54) is 38.2 Å². The van der Waals surface area contributed by atoms with Gasteiger partial charge in [0.2, 0.25) is 0 Å². The fourth-order valence-corrected chi connectivity index (χ4v) is 3.45. The van der Waals surface area contributed by atoms with Crippen molar-refractivity contribution in [2.24, 2.45) is 0 Å². The summed E-state index contributed by atoms with van der Waals surface area (Å²) in [4.78, 5) is 2.40. The molecule has 0 bridgehead atoms. The van der Waals surface area contributed by atoms with Crippen molar-refractivity contribution in [3.05, 3.63) is 35.6 Å². The second-order valence-electron chi connectivity index (χ2n) is 6.80. The Labute approximate surface area is 128 Å². The lowest BCUT2D eigenvalue weighted by Crippen LogP contribution is -2.54. The van der Waals surface area contributed by atoms with Crippen LogP contribution in [0.3, 0.4) is 0 Å². The number of rotatable bonds is 6. The standard InChI is InChI=1S/C18H29FN2/c1-15(12-16-8-7-9-17(19)13-16)20-14-18(21(2)3)10-5-4-6-11-18/h7-9,13,15,20H,4-6,10-12,14H2,1-3H3. The molecule has 1 unspecified atom stereocenters. The zero-order chi connectivity index (χ0) is 15.3. The normalized spacial score (nSPS) is 19.7. The molecule has 0 radical (unpaired) electrons. The Kier molecular flexibility index (Phi) is 5.77. The van der Waals surface area contributed by atoms with Gasteiger partial charge in [-0.05, 0) is 58.0 Å². The topological polar surface area (TPSA) is 15.3 Å². The molecule has 0 spiro atoms. The molecule has 1 saturated carbocycles. The van der Waals surface area contributed by atoms with Gasteiger partial charge in [-0.3, -0.25) is 0 Å². The Morgan fingerprint density at radius 2 is 1.95 bits per heavy atom. The molecule has 0 amide bonds. The van der Waals surface area contributed by atoms with Gasteiger partial charge in [-0.2, -0.15) is 0 Å². The van der Waals surface area contributed by atoms with Crippen LogP contribution < -0.4 is 5.32 Å². The molecular weight excluding hydrogens is 263 g/mol. The van der Waals surface area contributed by atoms with Crippen molar-refractivity contribution >= 4 is 0 Å². The maximum absolute atomic E-state index is 13.2. The van der Waals surface area contributed by atoms with Crippen LogP contribution in [-0.4, -0.2) is 37.1 Å². The molecule has 3 heteroatoms.